The van der Waals surface area contributed by atoms with Crippen LogP contribution in [-0.2, 0) is 10.0 Å². The second kappa shape index (κ2) is 7.71. The number of nitrogens with zero attached hydrogens (tertiary/aromatic N) is 3. The molecular formula is C25H23N3O2S. The fourth-order valence-corrected chi connectivity index (χ4v) is 5.57. The quantitative estimate of drug-likeness (QED) is 0.464. The molecule has 1 aliphatic rings. The van der Waals surface area contributed by atoms with Gasteiger partial charge in [-0.25, -0.2) is 12.4 Å². The lowest BCUT2D eigenvalue weighted by atomic mass is 9.92. The molecule has 0 saturated heterocycles. The first-order valence-corrected chi connectivity index (χ1v) is 11.7. The van der Waals surface area contributed by atoms with Crippen LogP contribution in [0.15, 0.2) is 96.4 Å². The molecule has 2 aromatic heterocycles. The summed E-state index contributed by atoms with van der Waals surface area (Å²) in [5.41, 5.74) is 3.84. The van der Waals surface area contributed by atoms with E-state index in [0.29, 0.717) is 5.52 Å². The summed E-state index contributed by atoms with van der Waals surface area (Å²) >= 11 is 0. The molecule has 0 aliphatic carbocycles. The molecule has 0 radical (unpaired) electrons. The summed E-state index contributed by atoms with van der Waals surface area (Å²) < 4.78 is 28.4. The van der Waals surface area contributed by atoms with Crippen LogP contribution in [-0.4, -0.2) is 35.9 Å². The lowest BCUT2D eigenvalue weighted by Gasteiger charge is -2.24. The number of hydrogen-bond donors (Lipinski definition) is 0. The first-order chi connectivity index (χ1) is 15.0. The van der Waals surface area contributed by atoms with E-state index in [4.69, 9.17) is 0 Å². The molecule has 5 rings (SSSR count). The third kappa shape index (κ3) is 3.53. The van der Waals surface area contributed by atoms with Gasteiger partial charge in [0.05, 0.1) is 10.4 Å². The standard InChI is InChI=1S/C25H23N3O2S/c1-27-15-11-20(12-16-27)24-18-28(31(29,30)22-5-3-2-4-6-22)25-8-7-21(17-23(24)25)19-9-13-26-14-10-19/h2-11,13-15,17-18,20H,12,16H2,1H3. The van der Waals surface area contributed by atoms with Crippen molar-refractivity contribution >= 4 is 20.9 Å². The maximum atomic E-state index is 13.5. The van der Waals surface area contributed by atoms with Crippen LogP contribution < -0.4 is 0 Å². The van der Waals surface area contributed by atoms with E-state index in [1.165, 1.54) is 3.97 Å². The fourth-order valence-electron chi connectivity index (χ4n) is 4.17. The van der Waals surface area contributed by atoms with E-state index in [-0.39, 0.29) is 10.8 Å². The molecule has 1 atom stereocenters. The highest BCUT2D eigenvalue weighted by molar-refractivity contribution is 7.90. The number of fused-ring (bicyclic) bond motifs is 1. The smallest absolute Gasteiger partial charge is 0.268 e. The predicted octanol–water partition coefficient (Wildman–Crippen LogP) is 4.87. The Morgan fingerprint density at radius 2 is 1.74 bits per heavy atom. The monoisotopic (exact) mass is 429 g/mol. The summed E-state index contributed by atoms with van der Waals surface area (Å²) in [5, 5.41) is 0.966. The first kappa shape index (κ1) is 19.6. The Hall–Kier alpha value is -3.38. The lowest BCUT2D eigenvalue weighted by Crippen LogP contribution is -2.19. The molecule has 5 nitrogen and oxygen atoms in total. The maximum absolute atomic E-state index is 13.5. The molecule has 0 saturated carbocycles. The van der Waals surface area contributed by atoms with Gasteiger partial charge in [0.25, 0.3) is 10.0 Å². The molecule has 3 heterocycles. The minimum atomic E-state index is -3.70. The van der Waals surface area contributed by atoms with Gasteiger partial charge in [0.2, 0.25) is 0 Å². The minimum absolute atomic E-state index is 0.165. The number of allylic oxidation sites excluding steroid dienone is 1. The first-order valence-electron chi connectivity index (χ1n) is 10.3. The van der Waals surface area contributed by atoms with E-state index in [9.17, 15) is 8.42 Å². The maximum Gasteiger partial charge on any atom is 0.268 e. The topological polar surface area (TPSA) is 55.2 Å². The summed E-state index contributed by atoms with van der Waals surface area (Å²) in [5.74, 6) is 0.165. The normalized spacial score (nSPS) is 16.7. The van der Waals surface area contributed by atoms with Crippen LogP contribution in [0, 0.1) is 0 Å². The van der Waals surface area contributed by atoms with Gasteiger partial charge in [-0.1, -0.05) is 30.3 Å². The number of hydrogen-bond acceptors (Lipinski definition) is 4. The predicted molar refractivity (Wildman–Crippen MR) is 123 cm³/mol. The third-order valence-corrected chi connectivity index (χ3v) is 7.57. The second-order valence-electron chi connectivity index (χ2n) is 7.88. The van der Waals surface area contributed by atoms with E-state index in [1.807, 2.05) is 36.5 Å². The molecular weight excluding hydrogens is 406 g/mol. The van der Waals surface area contributed by atoms with Crippen LogP contribution in [0.2, 0.25) is 0 Å². The summed E-state index contributed by atoms with van der Waals surface area (Å²) in [6, 6.07) is 18.5. The zero-order valence-electron chi connectivity index (χ0n) is 17.2. The number of rotatable bonds is 4. The van der Waals surface area contributed by atoms with Gasteiger partial charge in [-0.3, -0.25) is 4.98 Å². The van der Waals surface area contributed by atoms with E-state index < -0.39 is 10.0 Å². The minimum Gasteiger partial charge on any atom is -0.381 e. The molecule has 31 heavy (non-hydrogen) atoms. The Bertz CT molecular complexity index is 1360. The van der Waals surface area contributed by atoms with E-state index in [1.54, 1.807) is 36.7 Å². The van der Waals surface area contributed by atoms with Gasteiger partial charge in [-0.15, -0.1) is 0 Å². The Morgan fingerprint density at radius 3 is 2.45 bits per heavy atom. The average molecular weight is 430 g/mol. The summed E-state index contributed by atoms with van der Waals surface area (Å²) in [4.78, 5) is 6.54. The van der Waals surface area contributed by atoms with Gasteiger partial charge >= 0.3 is 0 Å². The molecule has 156 valence electrons. The number of aromatic nitrogens is 2. The molecule has 0 amide bonds. The Kier molecular flexibility index (Phi) is 4.87. The van der Waals surface area contributed by atoms with Crippen LogP contribution in [0.5, 0.6) is 0 Å². The van der Waals surface area contributed by atoms with Gasteiger partial charge in [-0.05, 0) is 65.7 Å². The molecule has 4 aromatic rings. The van der Waals surface area contributed by atoms with Gasteiger partial charge in [0, 0.05) is 43.5 Å². The highest BCUT2D eigenvalue weighted by Crippen LogP contribution is 2.36. The Balaban J connectivity index is 1.73. The van der Waals surface area contributed by atoms with E-state index in [2.05, 4.69) is 35.3 Å². The Labute approximate surface area is 182 Å². The SMILES string of the molecule is CN1C=CC(c2cn(S(=O)(=O)c3ccccc3)c3ccc(-c4ccncc4)cc23)CC1. The molecule has 1 unspecified atom stereocenters. The van der Waals surface area contributed by atoms with Crippen molar-refractivity contribution in [3.8, 4) is 11.1 Å². The van der Waals surface area contributed by atoms with Crippen molar-refractivity contribution in [3.63, 3.8) is 0 Å². The zero-order chi connectivity index (χ0) is 21.4. The molecule has 0 spiro atoms. The zero-order valence-corrected chi connectivity index (χ0v) is 18.0. The highest BCUT2D eigenvalue weighted by atomic mass is 32.2. The van der Waals surface area contributed by atoms with Crippen LogP contribution in [0.25, 0.3) is 22.0 Å². The summed E-state index contributed by atoms with van der Waals surface area (Å²) in [6.07, 6.45) is 10.5. The van der Waals surface area contributed by atoms with Crippen molar-refractivity contribution in [1.82, 2.24) is 13.9 Å². The third-order valence-electron chi connectivity index (χ3n) is 5.88. The lowest BCUT2D eigenvalue weighted by molar-refractivity contribution is 0.409. The van der Waals surface area contributed by atoms with E-state index >= 15 is 0 Å². The van der Waals surface area contributed by atoms with Crippen molar-refractivity contribution in [3.05, 3.63) is 97.1 Å². The van der Waals surface area contributed by atoms with Crippen molar-refractivity contribution in [2.45, 2.75) is 17.2 Å². The van der Waals surface area contributed by atoms with Gasteiger partial charge in [0.1, 0.15) is 0 Å². The average Bonchev–Trinajstić information content (AvgIpc) is 3.20. The summed E-state index contributed by atoms with van der Waals surface area (Å²) in [7, 11) is -1.65. The largest absolute Gasteiger partial charge is 0.381 e. The van der Waals surface area contributed by atoms with Crippen molar-refractivity contribution in [2.24, 2.45) is 0 Å². The van der Waals surface area contributed by atoms with Crippen LogP contribution in [0.3, 0.4) is 0 Å². The van der Waals surface area contributed by atoms with Crippen LogP contribution >= 0.6 is 0 Å². The molecule has 0 fully saturated rings. The van der Waals surface area contributed by atoms with Gasteiger partial charge in [0.15, 0.2) is 0 Å². The fraction of sp³-hybridized carbons (Fsp3) is 0.160. The number of benzene rings is 2. The van der Waals surface area contributed by atoms with Crippen molar-refractivity contribution in [2.75, 3.05) is 13.6 Å². The number of pyridine rings is 1. The van der Waals surface area contributed by atoms with E-state index in [0.717, 1.165) is 35.0 Å². The molecule has 0 bridgehead atoms. The highest BCUT2D eigenvalue weighted by Gasteiger charge is 2.25. The van der Waals surface area contributed by atoms with Crippen LogP contribution in [0.4, 0.5) is 0 Å². The Morgan fingerprint density at radius 1 is 0.968 bits per heavy atom. The van der Waals surface area contributed by atoms with Crippen molar-refractivity contribution < 1.29 is 8.42 Å². The van der Waals surface area contributed by atoms with Gasteiger partial charge in [-0.2, -0.15) is 0 Å². The van der Waals surface area contributed by atoms with Crippen LogP contribution in [0.1, 0.15) is 17.9 Å². The molecule has 1 aliphatic heterocycles. The molecule has 0 N–H and O–H groups in total. The van der Waals surface area contributed by atoms with Crippen molar-refractivity contribution in [1.29, 1.82) is 0 Å². The molecule has 2 aromatic carbocycles. The molecule has 6 heteroatoms. The van der Waals surface area contributed by atoms with Gasteiger partial charge < -0.3 is 4.90 Å². The second-order valence-corrected chi connectivity index (χ2v) is 9.70. The summed E-state index contributed by atoms with van der Waals surface area (Å²) in [6.45, 7) is 0.934.